The Morgan fingerprint density at radius 2 is 1.94 bits per heavy atom. The molecule has 4 aromatic rings. The van der Waals surface area contributed by atoms with Gasteiger partial charge in [-0.1, -0.05) is 24.3 Å². The molecule has 3 aromatic carbocycles. The van der Waals surface area contributed by atoms with E-state index in [0.717, 1.165) is 0 Å². The van der Waals surface area contributed by atoms with Crippen molar-refractivity contribution in [3.05, 3.63) is 98.4 Å². The van der Waals surface area contributed by atoms with E-state index in [1.807, 2.05) is 0 Å². The van der Waals surface area contributed by atoms with Gasteiger partial charge in [-0.05, 0) is 36.4 Å². The number of aromatic nitrogens is 1. The van der Waals surface area contributed by atoms with Crippen LogP contribution in [0.1, 0.15) is 5.56 Å². The number of benzene rings is 3. The van der Waals surface area contributed by atoms with Crippen LogP contribution >= 0.6 is 11.3 Å². The van der Waals surface area contributed by atoms with Gasteiger partial charge >= 0.3 is 0 Å². The summed E-state index contributed by atoms with van der Waals surface area (Å²) < 4.78 is 21.2. The van der Waals surface area contributed by atoms with Crippen LogP contribution < -0.4 is 14.9 Å². The zero-order chi connectivity index (χ0) is 24.4. The molecule has 0 fully saturated rings. The van der Waals surface area contributed by atoms with Gasteiger partial charge in [-0.25, -0.2) is 14.1 Å². The summed E-state index contributed by atoms with van der Waals surface area (Å²) in [6.07, 6.45) is 1.36. The summed E-state index contributed by atoms with van der Waals surface area (Å²) in [5.74, 6) is -0.224. The second-order valence-corrected chi connectivity index (χ2v) is 8.22. The van der Waals surface area contributed by atoms with Gasteiger partial charge in [-0.2, -0.15) is 5.10 Å². The second kappa shape index (κ2) is 9.31. The molecule has 0 bridgehead atoms. The minimum absolute atomic E-state index is 0.0589. The average molecular weight is 489 g/mol. The van der Waals surface area contributed by atoms with Gasteiger partial charge < -0.3 is 10.1 Å². The van der Waals surface area contributed by atoms with Gasteiger partial charge in [0.05, 0.1) is 28.1 Å². The number of fused-ring (bicyclic) bond motifs is 1. The number of halogens is 1. The van der Waals surface area contributed by atoms with Gasteiger partial charge in [-0.3, -0.25) is 14.9 Å². The maximum absolute atomic E-state index is 14.3. The summed E-state index contributed by atoms with van der Waals surface area (Å²) in [5.41, 5.74) is 2.09. The first-order valence-electron chi connectivity index (χ1n) is 10.3. The molecule has 0 spiro atoms. The number of nitro benzene ring substituents is 1. The average Bonchev–Trinajstić information content (AvgIpc) is 3.26. The van der Waals surface area contributed by atoms with Crippen LogP contribution in [0.5, 0.6) is 5.75 Å². The van der Waals surface area contributed by atoms with Crippen LogP contribution in [0.15, 0.2) is 82.2 Å². The predicted octanol–water partition coefficient (Wildman–Crippen LogP) is 4.71. The third-order valence-corrected chi connectivity index (χ3v) is 5.92. The lowest BCUT2D eigenvalue weighted by Gasteiger charge is -2.18. The van der Waals surface area contributed by atoms with Crippen LogP contribution in [0.2, 0.25) is 0 Å². The van der Waals surface area contributed by atoms with E-state index in [9.17, 15) is 19.3 Å². The lowest BCUT2D eigenvalue weighted by Crippen LogP contribution is -2.25. The number of amides is 1. The maximum atomic E-state index is 14.3. The van der Waals surface area contributed by atoms with Crippen molar-refractivity contribution in [2.24, 2.45) is 10.1 Å². The van der Waals surface area contributed by atoms with Crippen molar-refractivity contribution in [1.82, 2.24) is 4.68 Å². The highest BCUT2D eigenvalue weighted by atomic mass is 32.1. The van der Waals surface area contributed by atoms with Gasteiger partial charge in [-0.15, -0.1) is 11.3 Å². The Morgan fingerprint density at radius 1 is 1.14 bits per heavy atom. The van der Waals surface area contributed by atoms with E-state index >= 15 is 0 Å². The molecule has 1 aliphatic rings. The molecule has 0 saturated heterocycles. The van der Waals surface area contributed by atoms with E-state index in [-0.39, 0.29) is 23.9 Å². The number of thiazole rings is 1. The highest BCUT2D eigenvalue weighted by Gasteiger charge is 2.18. The number of hydrogen-bond donors (Lipinski definition) is 1. The summed E-state index contributed by atoms with van der Waals surface area (Å²) in [6.45, 7) is -0.0589. The third-order valence-electron chi connectivity index (χ3n) is 5.11. The number of carbonyl (C=O) groups excluding carboxylic acids is 1. The van der Waals surface area contributed by atoms with Crippen molar-refractivity contribution in [2.75, 3.05) is 11.9 Å². The van der Waals surface area contributed by atoms with Crippen LogP contribution in [0, 0.1) is 15.9 Å². The third kappa shape index (κ3) is 4.57. The van der Waals surface area contributed by atoms with Gasteiger partial charge in [0.2, 0.25) is 4.80 Å². The lowest BCUT2D eigenvalue weighted by atomic mass is 10.1. The zero-order valence-electron chi connectivity index (χ0n) is 17.9. The molecule has 174 valence electrons. The van der Waals surface area contributed by atoms with Crippen LogP contribution in [0.25, 0.3) is 11.3 Å². The first-order valence-corrected chi connectivity index (χ1v) is 11.2. The molecule has 5 rings (SSSR count). The second-order valence-electron chi connectivity index (χ2n) is 7.39. The van der Waals surface area contributed by atoms with E-state index in [2.05, 4.69) is 15.4 Å². The summed E-state index contributed by atoms with van der Waals surface area (Å²) >= 11 is 1.22. The smallest absolute Gasteiger partial charge is 0.278 e. The van der Waals surface area contributed by atoms with Crippen molar-refractivity contribution in [1.29, 1.82) is 0 Å². The largest absolute Gasteiger partial charge is 0.482 e. The Morgan fingerprint density at radius 3 is 2.77 bits per heavy atom. The van der Waals surface area contributed by atoms with E-state index in [0.29, 0.717) is 33.1 Å². The van der Waals surface area contributed by atoms with E-state index in [4.69, 9.17) is 4.74 Å². The van der Waals surface area contributed by atoms with Crippen molar-refractivity contribution in [2.45, 2.75) is 0 Å². The lowest BCUT2D eigenvalue weighted by molar-refractivity contribution is -0.385. The molecule has 0 unspecified atom stereocenters. The van der Waals surface area contributed by atoms with Crippen LogP contribution in [0.3, 0.4) is 0 Å². The molecule has 9 nitrogen and oxygen atoms in total. The minimum Gasteiger partial charge on any atom is -0.482 e. The molecule has 0 aliphatic carbocycles. The fourth-order valence-electron chi connectivity index (χ4n) is 3.46. The van der Waals surface area contributed by atoms with E-state index < -0.39 is 10.7 Å². The maximum Gasteiger partial charge on any atom is 0.278 e. The Labute approximate surface area is 201 Å². The Kier molecular flexibility index (Phi) is 5.90. The van der Waals surface area contributed by atoms with Crippen molar-refractivity contribution < 1.29 is 18.8 Å². The number of para-hydroxylation sites is 2. The molecule has 2 heterocycles. The summed E-state index contributed by atoms with van der Waals surface area (Å²) in [5, 5.41) is 20.4. The van der Waals surface area contributed by atoms with Crippen molar-refractivity contribution in [3.63, 3.8) is 0 Å². The number of hydrogen-bond acceptors (Lipinski definition) is 7. The van der Waals surface area contributed by atoms with Gasteiger partial charge in [0.25, 0.3) is 11.6 Å². The normalized spacial score (nSPS) is 13.4. The Balaban J connectivity index is 1.66. The highest BCUT2D eigenvalue weighted by molar-refractivity contribution is 7.07. The molecule has 35 heavy (non-hydrogen) atoms. The van der Waals surface area contributed by atoms with Crippen LogP contribution in [-0.2, 0) is 4.79 Å². The first kappa shape index (κ1) is 22.2. The van der Waals surface area contributed by atoms with Crippen molar-refractivity contribution in [3.8, 4) is 17.0 Å². The molecule has 1 N–H and O–H groups in total. The zero-order valence-corrected chi connectivity index (χ0v) is 18.7. The number of carbonyl (C=O) groups is 1. The SMILES string of the molecule is O=C1COc2ccc(-c3csc(=Nc4ccccc4F)n3N=Cc3ccccc3[N+](=O)[O-])cc2N1. The van der Waals surface area contributed by atoms with Gasteiger partial charge in [0.1, 0.15) is 17.3 Å². The Hall–Kier alpha value is -4.64. The molecule has 0 radical (unpaired) electrons. The Bertz CT molecular complexity index is 1560. The standard InChI is InChI=1S/C24H16FN5O4S/c25-17-6-2-3-7-18(17)28-24-29(26-12-16-5-1-4-8-20(16)30(32)33)21(14-35-24)15-9-10-22-19(11-15)27-23(31)13-34-22/h1-12,14H,13H2,(H,27,31). The molecule has 1 amide bonds. The number of nitro groups is 1. The fourth-order valence-corrected chi connectivity index (χ4v) is 4.31. The predicted molar refractivity (Wildman–Crippen MR) is 130 cm³/mol. The summed E-state index contributed by atoms with van der Waals surface area (Å²) in [7, 11) is 0. The highest BCUT2D eigenvalue weighted by Crippen LogP contribution is 2.33. The van der Waals surface area contributed by atoms with Crippen LogP contribution in [-0.4, -0.2) is 28.3 Å². The number of anilines is 1. The van der Waals surface area contributed by atoms with E-state index in [1.165, 1.54) is 40.4 Å². The number of nitrogens with one attached hydrogen (secondary N) is 1. The van der Waals surface area contributed by atoms with Gasteiger partial charge in [0.15, 0.2) is 6.61 Å². The quantitative estimate of drug-likeness (QED) is 0.249. The monoisotopic (exact) mass is 489 g/mol. The number of ether oxygens (including phenoxy) is 1. The van der Waals surface area contributed by atoms with Crippen LogP contribution in [0.4, 0.5) is 21.5 Å². The number of rotatable bonds is 5. The molecule has 1 aliphatic heterocycles. The summed E-state index contributed by atoms with van der Waals surface area (Å²) in [6, 6.07) is 17.5. The molecule has 0 atom stereocenters. The number of nitrogens with zero attached hydrogens (tertiary/aromatic N) is 4. The molecular formula is C24H16FN5O4S. The fraction of sp³-hybridized carbons (Fsp3) is 0.0417. The molecule has 1 aromatic heterocycles. The molecule has 11 heteroatoms. The topological polar surface area (TPSA) is 111 Å². The van der Waals surface area contributed by atoms with Gasteiger partial charge in [0, 0.05) is 17.0 Å². The van der Waals surface area contributed by atoms with E-state index in [1.54, 1.807) is 53.9 Å². The van der Waals surface area contributed by atoms with Crippen molar-refractivity contribution >= 4 is 40.5 Å². The molecular weight excluding hydrogens is 473 g/mol. The molecule has 0 saturated carbocycles. The summed E-state index contributed by atoms with van der Waals surface area (Å²) in [4.78, 5) is 27.4. The minimum atomic E-state index is -0.495. The first-order chi connectivity index (χ1) is 17.0.